The van der Waals surface area contributed by atoms with Crippen molar-refractivity contribution in [2.75, 3.05) is 20.3 Å². The molecule has 0 bridgehead atoms. The summed E-state index contributed by atoms with van der Waals surface area (Å²) in [6.07, 6.45) is -5.59. The second kappa shape index (κ2) is 13.9. The summed E-state index contributed by atoms with van der Waals surface area (Å²) < 4.78 is 74.0. The molecule has 0 aromatic rings. The van der Waals surface area contributed by atoms with Crippen LogP contribution in [-0.2, 0) is 50.9 Å². The SMILES string of the molecule is [B]C1CC(OP(=O)(O)OCC2OC([B])CC2OP(=O)(O)OC2C(COC(C)C)OC([B])[C@@H]2OC)C(CC)O1. The van der Waals surface area contributed by atoms with E-state index in [-0.39, 0.29) is 25.6 Å². The Kier molecular flexibility index (Phi) is 12.0. The smallest absolute Gasteiger partial charge is 0.382 e. The Bertz CT molecular complexity index is 857. The Morgan fingerprint density at radius 2 is 1.42 bits per heavy atom. The lowest BCUT2D eigenvalue weighted by molar-refractivity contribution is -0.0581. The van der Waals surface area contributed by atoms with Gasteiger partial charge in [-0.2, -0.15) is 0 Å². The van der Waals surface area contributed by atoms with Crippen LogP contribution in [0.4, 0.5) is 0 Å². The van der Waals surface area contributed by atoms with Crippen LogP contribution in [0, 0.1) is 0 Å². The van der Waals surface area contributed by atoms with E-state index in [1.165, 1.54) is 7.11 Å². The molecule has 18 heteroatoms. The summed E-state index contributed by atoms with van der Waals surface area (Å²) in [6.45, 7) is 4.97. The fourth-order valence-corrected chi connectivity index (χ4v) is 6.65. The standard InChI is InChI=1S/C20H35B3O13P2/c1-5-11-12(6-16(21)31-11)34-37(24,25)30-9-14-13(7-17(22)32-14)35-38(26,27)36-18-15(8-29-10(2)3)33-20(23)19(18)28-4/h10-20H,5-9H2,1-4H3,(H,24,25)(H,26,27)/t11?,12?,13?,14?,15?,16?,17?,18?,19-,20?/m1/s1. The Morgan fingerprint density at radius 1 is 0.842 bits per heavy atom. The van der Waals surface area contributed by atoms with Crippen LogP contribution in [-0.4, -0.2) is 120 Å². The Hall–Kier alpha value is 0.215. The fourth-order valence-electron chi connectivity index (χ4n) is 4.52. The molecule has 13 nitrogen and oxygen atoms in total. The van der Waals surface area contributed by atoms with E-state index >= 15 is 0 Å². The highest BCUT2D eigenvalue weighted by Crippen LogP contribution is 2.52. The first-order valence-corrected chi connectivity index (χ1v) is 15.5. The molecule has 0 aromatic heterocycles. The van der Waals surface area contributed by atoms with Crippen molar-refractivity contribution in [3.63, 3.8) is 0 Å². The third kappa shape index (κ3) is 9.11. The molecular formula is C20H35B3O13P2. The number of ether oxygens (including phenoxy) is 5. The molecule has 3 heterocycles. The van der Waals surface area contributed by atoms with Gasteiger partial charge in [0.05, 0.1) is 37.6 Å². The minimum atomic E-state index is -4.78. The molecule has 3 fully saturated rings. The van der Waals surface area contributed by atoms with Gasteiger partial charge in [0.15, 0.2) is 0 Å². The Labute approximate surface area is 227 Å². The lowest BCUT2D eigenvalue weighted by atomic mass is 9.93. The van der Waals surface area contributed by atoms with Gasteiger partial charge < -0.3 is 33.5 Å². The van der Waals surface area contributed by atoms with Crippen molar-refractivity contribution in [3.8, 4) is 0 Å². The van der Waals surface area contributed by atoms with Crippen molar-refractivity contribution < 1.29 is 60.7 Å². The van der Waals surface area contributed by atoms with Gasteiger partial charge in [-0.15, -0.1) is 0 Å². The molecule has 0 amide bonds. The van der Waals surface area contributed by atoms with Crippen LogP contribution < -0.4 is 0 Å². The van der Waals surface area contributed by atoms with Crippen molar-refractivity contribution >= 4 is 39.2 Å². The van der Waals surface area contributed by atoms with Crippen molar-refractivity contribution in [2.24, 2.45) is 0 Å². The van der Waals surface area contributed by atoms with Gasteiger partial charge >= 0.3 is 15.6 Å². The van der Waals surface area contributed by atoms with E-state index < -0.39 is 83.0 Å². The summed E-state index contributed by atoms with van der Waals surface area (Å²) in [5.74, 6) is 0. The molecule has 2 N–H and O–H groups in total. The van der Waals surface area contributed by atoms with E-state index in [1.807, 2.05) is 20.8 Å². The van der Waals surface area contributed by atoms with Crippen LogP contribution in [0.2, 0.25) is 0 Å². The number of phosphoric acid groups is 2. The van der Waals surface area contributed by atoms with Crippen LogP contribution in [0.1, 0.15) is 40.0 Å². The van der Waals surface area contributed by atoms with Crippen molar-refractivity contribution in [1.29, 1.82) is 0 Å². The molecule has 212 valence electrons. The summed E-state index contributed by atoms with van der Waals surface area (Å²) in [5, 5.41) is 0. The lowest BCUT2D eigenvalue weighted by Crippen LogP contribution is -2.39. The molecule has 0 aliphatic carbocycles. The maximum absolute atomic E-state index is 13.0. The number of hydrogen-bond acceptors (Lipinski definition) is 11. The number of rotatable bonds is 14. The van der Waals surface area contributed by atoms with Crippen LogP contribution >= 0.6 is 15.6 Å². The molecule has 0 spiro atoms. The molecule has 3 aliphatic heterocycles. The summed E-state index contributed by atoms with van der Waals surface area (Å²) in [5.41, 5.74) is 0. The number of hydrogen-bond donors (Lipinski definition) is 2. The lowest BCUT2D eigenvalue weighted by Gasteiger charge is -2.28. The fraction of sp³-hybridized carbons (Fsp3) is 1.00. The molecule has 11 unspecified atom stereocenters. The third-order valence-electron chi connectivity index (χ3n) is 6.27. The molecule has 12 atom stereocenters. The molecule has 38 heavy (non-hydrogen) atoms. The predicted molar refractivity (Wildman–Crippen MR) is 135 cm³/mol. The van der Waals surface area contributed by atoms with Gasteiger partial charge in [-0.05, 0) is 33.1 Å². The largest absolute Gasteiger partial charge is 0.473 e. The summed E-state index contributed by atoms with van der Waals surface area (Å²) >= 11 is 0. The first kappa shape index (κ1) is 32.7. The van der Waals surface area contributed by atoms with Gasteiger partial charge in [0.25, 0.3) is 0 Å². The van der Waals surface area contributed by atoms with Gasteiger partial charge in [-0.3, -0.25) is 18.1 Å². The zero-order chi connectivity index (χ0) is 28.3. The van der Waals surface area contributed by atoms with Gasteiger partial charge in [-0.1, -0.05) is 6.92 Å². The zero-order valence-corrected chi connectivity index (χ0v) is 23.7. The minimum Gasteiger partial charge on any atom is -0.382 e. The summed E-state index contributed by atoms with van der Waals surface area (Å²) in [4.78, 5) is 20.8. The molecular weight excluding hydrogens is 543 g/mol. The van der Waals surface area contributed by atoms with E-state index in [9.17, 15) is 18.9 Å². The molecule has 3 rings (SSSR count). The van der Waals surface area contributed by atoms with E-state index in [4.69, 9.17) is 65.3 Å². The number of phosphoric ester groups is 2. The van der Waals surface area contributed by atoms with E-state index in [0.29, 0.717) is 6.42 Å². The Morgan fingerprint density at radius 3 is 2.00 bits per heavy atom. The van der Waals surface area contributed by atoms with Crippen LogP contribution in [0.15, 0.2) is 0 Å². The average molecular weight is 578 g/mol. The summed E-state index contributed by atoms with van der Waals surface area (Å²) in [7, 11) is 9.53. The monoisotopic (exact) mass is 578 g/mol. The quantitative estimate of drug-likeness (QED) is 0.219. The first-order valence-electron chi connectivity index (χ1n) is 12.5. The van der Waals surface area contributed by atoms with Gasteiger partial charge in [-0.25, -0.2) is 9.13 Å². The van der Waals surface area contributed by atoms with Gasteiger partial charge in [0, 0.05) is 25.1 Å². The van der Waals surface area contributed by atoms with Crippen molar-refractivity contribution in [1.82, 2.24) is 0 Å². The van der Waals surface area contributed by atoms with E-state index in [1.54, 1.807) is 0 Å². The first-order chi connectivity index (χ1) is 17.7. The topological polar surface area (TPSA) is 158 Å². The second-order valence-electron chi connectivity index (χ2n) is 9.62. The second-order valence-corrected chi connectivity index (χ2v) is 12.4. The Balaban J connectivity index is 1.59. The van der Waals surface area contributed by atoms with Crippen LogP contribution in [0.25, 0.3) is 0 Å². The highest BCUT2D eigenvalue weighted by molar-refractivity contribution is 7.47. The van der Waals surface area contributed by atoms with Crippen LogP contribution in [0.5, 0.6) is 0 Å². The van der Waals surface area contributed by atoms with Crippen LogP contribution in [0.3, 0.4) is 0 Å². The minimum absolute atomic E-state index is 0.0178. The average Bonchev–Trinajstić information content (AvgIpc) is 3.43. The maximum atomic E-state index is 13.0. The maximum Gasteiger partial charge on any atom is 0.473 e. The zero-order valence-electron chi connectivity index (χ0n) is 21.9. The van der Waals surface area contributed by atoms with E-state index in [0.717, 1.165) is 0 Å². The van der Waals surface area contributed by atoms with Gasteiger partial charge in [0.2, 0.25) is 0 Å². The van der Waals surface area contributed by atoms with Gasteiger partial charge in [0.1, 0.15) is 48.0 Å². The number of methoxy groups -OCH3 is 1. The molecule has 3 aliphatic rings. The molecule has 3 saturated heterocycles. The van der Waals surface area contributed by atoms with Crippen molar-refractivity contribution in [3.05, 3.63) is 0 Å². The summed E-state index contributed by atoms with van der Waals surface area (Å²) in [6, 6.07) is -2.44. The van der Waals surface area contributed by atoms with E-state index in [2.05, 4.69) is 0 Å². The highest BCUT2D eigenvalue weighted by atomic mass is 31.2. The molecule has 6 radical (unpaired) electrons. The third-order valence-corrected chi connectivity index (χ3v) is 8.33. The molecule has 0 aromatic carbocycles. The molecule has 0 saturated carbocycles. The predicted octanol–water partition coefficient (Wildman–Crippen LogP) is 0.670. The van der Waals surface area contributed by atoms with Crippen molar-refractivity contribution in [2.45, 2.75) is 107 Å². The normalized spacial score (nSPS) is 40.9. The highest BCUT2D eigenvalue weighted by Gasteiger charge is 2.49.